The van der Waals surface area contributed by atoms with Gasteiger partial charge in [0.05, 0.1) is 12.7 Å². The summed E-state index contributed by atoms with van der Waals surface area (Å²) in [5, 5.41) is 18.7. The molecule has 0 radical (unpaired) electrons. The van der Waals surface area contributed by atoms with Crippen molar-refractivity contribution in [2.45, 2.75) is 18.3 Å². The van der Waals surface area contributed by atoms with Crippen molar-refractivity contribution in [3.05, 3.63) is 47.8 Å². The van der Waals surface area contributed by atoms with Gasteiger partial charge in [0.1, 0.15) is 17.8 Å². The van der Waals surface area contributed by atoms with E-state index in [9.17, 15) is 5.02 Å². The zero-order valence-corrected chi connectivity index (χ0v) is 10.4. The van der Waals surface area contributed by atoms with Crippen molar-refractivity contribution in [2.24, 2.45) is 5.92 Å². The van der Waals surface area contributed by atoms with Crippen molar-refractivity contribution in [3.63, 3.8) is 0 Å². The Hall–Kier alpha value is -1.77. The van der Waals surface area contributed by atoms with Crippen LogP contribution in [0.1, 0.15) is 6.42 Å². The van der Waals surface area contributed by atoms with Gasteiger partial charge in [-0.15, -0.1) is 0 Å². The molecule has 0 saturated carbocycles. The van der Waals surface area contributed by atoms with E-state index in [0.717, 1.165) is 11.3 Å². The standard InChI is InChI=1S/C14H14BNO3/c16-8-10-3-1-2-4-14(10)19-12-5-6-13-11(7-12)9-18-15(13)17/h1-5,7,10,13-14,17H,6,9H2. The Labute approximate surface area is 112 Å². The molecule has 0 spiro atoms. The number of allylic oxidation sites excluding steroid dienone is 4. The summed E-state index contributed by atoms with van der Waals surface area (Å²) < 4.78 is 11.1. The van der Waals surface area contributed by atoms with Crippen molar-refractivity contribution in [2.75, 3.05) is 6.61 Å². The number of hydrogen-bond donors (Lipinski definition) is 1. The van der Waals surface area contributed by atoms with E-state index in [1.165, 1.54) is 0 Å². The van der Waals surface area contributed by atoms with Crippen molar-refractivity contribution >= 4 is 7.12 Å². The molecule has 1 aliphatic heterocycles. The summed E-state index contributed by atoms with van der Waals surface area (Å²) in [6.07, 6.45) is 11.8. The van der Waals surface area contributed by atoms with Crippen LogP contribution in [0.5, 0.6) is 0 Å². The molecule has 0 bridgehead atoms. The first-order valence-corrected chi connectivity index (χ1v) is 6.39. The largest absolute Gasteiger partial charge is 0.485 e. The summed E-state index contributed by atoms with van der Waals surface area (Å²) >= 11 is 0. The first-order chi connectivity index (χ1) is 9.28. The van der Waals surface area contributed by atoms with Crippen molar-refractivity contribution in [1.29, 1.82) is 5.26 Å². The Morgan fingerprint density at radius 2 is 2.26 bits per heavy atom. The Bertz CT molecular complexity index is 529. The first-order valence-electron chi connectivity index (χ1n) is 6.39. The molecule has 1 fully saturated rings. The molecular weight excluding hydrogens is 241 g/mol. The minimum Gasteiger partial charge on any atom is -0.485 e. The average Bonchev–Trinajstić information content (AvgIpc) is 2.81. The van der Waals surface area contributed by atoms with Gasteiger partial charge in [-0.2, -0.15) is 5.26 Å². The fourth-order valence-electron chi connectivity index (χ4n) is 2.54. The normalized spacial score (nSPS) is 32.4. The molecule has 0 aromatic carbocycles. The second-order valence-electron chi connectivity index (χ2n) is 4.88. The van der Waals surface area contributed by atoms with E-state index in [1.54, 1.807) is 0 Å². The molecule has 3 rings (SSSR count). The number of fused-ring (bicyclic) bond motifs is 1. The number of nitriles is 1. The quantitative estimate of drug-likeness (QED) is 0.763. The summed E-state index contributed by atoms with van der Waals surface area (Å²) in [6.45, 7) is 0.453. The van der Waals surface area contributed by atoms with E-state index in [2.05, 4.69) is 6.07 Å². The lowest BCUT2D eigenvalue weighted by atomic mass is 9.68. The minimum atomic E-state index is -0.701. The zero-order valence-electron chi connectivity index (χ0n) is 10.4. The van der Waals surface area contributed by atoms with Gasteiger partial charge in [-0.25, -0.2) is 0 Å². The highest BCUT2D eigenvalue weighted by atomic mass is 16.5. The molecule has 3 aliphatic rings. The maximum atomic E-state index is 9.62. The number of ether oxygens (including phenoxy) is 1. The zero-order chi connectivity index (χ0) is 13.2. The average molecular weight is 255 g/mol. The lowest BCUT2D eigenvalue weighted by molar-refractivity contribution is 0.143. The smallest absolute Gasteiger partial charge is 0.462 e. The molecule has 0 aromatic heterocycles. The van der Waals surface area contributed by atoms with Crippen LogP contribution in [0.3, 0.4) is 0 Å². The van der Waals surface area contributed by atoms with Gasteiger partial charge in [0, 0.05) is 5.82 Å². The van der Waals surface area contributed by atoms with Gasteiger partial charge in [-0.1, -0.05) is 18.2 Å². The van der Waals surface area contributed by atoms with Crippen LogP contribution < -0.4 is 0 Å². The summed E-state index contributed by atoms with van der Waals surface area (Å²) in [5.74, 6) is 0.558. The van der Waals surface area contributed by atoms with Crippen LogP contribution in [0.15, 0.2) is 47.8 Å². The van der Waals surface area contributed by atoms with Gasteiger partial charge in [-0.05, 0) is 30.2 Å². The lowest BCUT2D eigenvalue weighted by Gasteiger charge is -2.23. The molecular formula is C14H14BNO3. The molecule has 96 valence electrons. The van der Waals surface area contributed by atoms with Gasteiger partial charge >= 0.3 is 7.12 Å². The van der Waals surface area contributed by atoms with Gasteiger partial charge in [0.15, 0.2) is 0 Å². The topological polar surface area (TPSA) is 62.5 Å². The highest BCUT2D eigenvalue weighted by Crippen LogP contribution is 2.37. The number of rotatable bonds is 2. The van der Waals surface area contributed by atoms with Crippen molar-refractivity contribution in [1.82, 2.24) is 0 Å². The van der Waals surface area contributed by atoms with Crippen LogP contribution in [0.4, 0.5) is 0 Å². The maximum Gasteiger partial charge on any atom is 0.462 e. The van der Waals surface area contributed by atoms with Crippen LogP contribution >= 0.6 is 0 Å². The van der Waals surface area contributed by atoms with E-state index in [4.69, 9.17) is 14.7 Å². The Morgan fingerprint density at radius 3 is 3.11 bits per heavy atom. The van der Waals surface area contributed by atoms with Gasteiger partial charge in [-0.3, -0.25) is 0 Å². The third-order valence-electron chi connectivity index (χ3n) is 3.65. The monoisotopic (exact) mass is 255 g/mol. The molecule has 19 heavy (non-hydrogen) atoms. The summed E-state index contributed by atoms with van der Waals surface area (Å²) in [5.41, 5.74) is 1.06. The van der Waals surface area contributed by atoms with Crippen LogP contribution in [0.2, 0.25) is 5.82 Å². The van der Waals surface area contributed by atoms with Crippen LogP contribution in [0, 0.1) is 17.2 Å². The van der Waals surface area contributed by atoms with Crippen LogP contribution in [-0.4, -0.2) is 24.9 Å². The summed E-state index contributed by atoms with van der Waals surface area (Å²) in [6, 6.07) is 2.22. The van der Waals surface area contributed by atoms with Crippen molar-refractivity contribution in [3.8, 4) is 6.07 Å². The maximum absolute atomic E-state index is 9.62. The molecule has 1 heterocycles. The minimum absolute atomic E-state index is 0.0564. The van der Waals surface area contributed by atoms with Crippen LogP contribution in [-0.2, 0) is 9.39 Å². The highest BCUT2D eigenvalue weighted by Gasteiger charge is 2.38. The van der Waals surface area contributed by atoms with Crippen LogP contribution in [0.25, 0.3) is 0 Å². The molecule has 0 amide bonds. The Balaban J connectivity index is 1.70. The van der Waals surface area contributed by atoms with Gasteiger partial charge in [0.2, 0.25) is 0 Å². The predicted octanol–water partition coefficient (Wildman–Crippen LogP) is 1.73. The molecule has 4 nitrogen and oxygen atoms in total. The fraction of sp³-hybridized carbons (Fsp3) is 0.357. The second-order valence-corrected chi connectivity index (χ2v) is 4.88. The number of nitrogens with zero attached hydrogens (tertiary/aromatic N) is 1. The SMILES string of the molecule is N#CC1C=CC=CC1OC1=CCC2B(O)OCC2=C1. The van der Waals surface area contributed by atoms with E-state index >= 15 is 0 Å². The van der Waals surface area contributed by atoms with E-state index in [-0.39, 0.29) is 17.8 Å². The molecule has 3 unspecified atom stereocenters. The second kappa shape index (κ2) is 5.08. The lowest BCUT2D eigenvalue weighted by Crippen LogP contribution is -2.22. The molecule has 1 saturated heterocycles. The predicted molar refractivity (Wildman–Crippen MR) is 70.7 cm³/mol. The third kappa shape index (κ3) is 2.37. The first kappa shape index (κ1) is 12.3. The molecule has 2 aliphatic carbocycles. The summed E-state index contributed by atoms with van der Waals surface area (Å²) in [7, 11) is -0.701. The van der Waals surface area contributed by atoms with Gasteiger partial charge in [0.25, 0.3) is 0 Å². The highest BCUT2D eigenvalue weighted by molar-refractivity contribution is 6.47. The molecule has 1 N–H and O–H groups in total. The van der Waals surface area contributed by atoms with E-state index in [0.29, 0.717) is 13.0 Å². The van der Waals surface area contributed by atoms with Crippen molar-refractivity contribution < 1.29 is 14.4 Å². The third-order valence-corrected chi connectivity index (χ3v) is 3.65. The fourth-order valence-corrected chi connectivity index (χ4v) is 2.54. The van der Waals surface area contributed by atoms with Gasteiger partial charge < -0.3 is 14.4 Å². The number of hydrogen-bond acceptors (Lipinski definition) is 4. The van der Waals surface area contributed by atoms with E-state index in [1.807, 2.05) is 36.5 Å². The molecule has 3 atom stereocenters. The summed E-state index contributed by atoms with van der Waals surface area (Å²) in [4.78, 5) is 0. The molecule has 5 heteroatoms. The Morgan fingerprint density at radius 1 is 1.42 bits per heavy atom. The molecule has 0 aromatic rings. The van der Waals surface area contributed by atoms with E-state index < -0.39 is 7.12 Å². The Kier molecular flexibility index (Phi) is 3.28.